The highest BCUT2D eigenvalue weighted by Gasteiger charge is 2.18. The van der Waals surface area contributed by atoms with E-state index >= 15 is 0 Å². The van der Waals surface area contributed by atoms with E-state index in [9.17, 15) is 14.4 Å². The number of Topliss-reactive ketones (excluding diaryl/α,β-unsaturated/α-hetero) is 1. The third kappa shape index (κ3) is 6.87. The standard InChI is InChI=1S/C22H25NO5/c1-15-9-10-20(16(2)11-15)27-14-22(26)28-13-21(25)23-19(17(3)24)12-18-7-5-4-6-8-18/h4-11,19H,12-14H2,1-3H3,(H,23,25)/t19-/m1/s1. The molecule has 0 saturated carbocycles. The second kappa shape index (κ2) is 10.3. The minimum absolute atomic E-state index is 0.165. The molecule has 2 rings (SSSR count). The molecular weight excluding hydrogens is 358 g/mol. The van der Waals surface area contributed by atoms with E-state index in [-0.39, 0.29) is 12.4 Å². The number of carbonyl (C=O) groups is 3. The quantitative estimate of drug-likeness (QED) is 0.673. The van der Waals surface area contributed by atoms with Crippen molar-refractivity contribution in [3.8, 4) is 5.75 Å². The number of nitrogens with one attached hydrogen (secondary N) is 1. The van der Waals surface area contributed by atoms with Crippen molar-refractivity contribution in [2.24, 2.45) is 0 Å². The van der Waals surface area contributed by atoms with E-state index in [0.29, 0.717) is 12.2 Å². The summed E-state index contributed by atoms with van der Waals surface area (Å²) in [4.78, 5) is 35.6. The molecule has 0 radical (unpaired) electrons. The monoisotopic (exact) mass is 383 g/mol. The molecule has 0 bridgehead atoms. The Morgan fingerprint density at radius 2 is 1.71 bits per heavy atom. The lowest BCUT2D eigenvalue weighted by Gasteiger charge is -2.16. The van der Waals surface area contributed by atoms with Gasteiger partial charge < -0.3 is 14.8 Å². The minimum Gasteiger partial charge on any atom is -0.482 e. The summed E-state index contributed by atoms with van der Waals surface area (Å²) in [6, 6.07) is 14.3. The van der Waals surface area contributed by atoms with Crippen LogP contribution in [0.4, 0.5) is 0 Å². The molecule has 1 amide bonds. The van der Waals surface area contributed by atoms with Gasteiger partial charge in [-0.1, -0.05) is 48.0 Å². The van der Waals surface area contributed by atoms with Gasteiger partial charge in [0.2, 0.25) is 0 Å². The van der Waals surface area contributed by atoms with Crippen molar-refractivity contribution < 1.29 is 23.9 Å². The zero-order chi connectivity index (χ0) is 20.5. The maximum absolute atomic E-state index is 12.0. The Bertz CT molecular complexity index is 832. The first-order valence-electron chi connectivity index (χ1n) is 9.04. The Labute approximate surface area is 164 Å². The lowest BCUT2D eigenvalue weighted by Crippen LogP contribution is -2.43. The molecule has 148 valence electrons. The van der Waals surface area contributed by atoms with Crippen molar-refractivity contribution in [3.05, 3.63) is 65.2 Å². The van der Waals surface area contributed by atoms with Gasteiger partial charge in [0, 0.05) is 0 Å². The molecular formula is C22H25NO5. The predicted octanol–water partition coefficient (Wildman–Crippen LogP) is 2.54. The van der Waals surface area contributed by atoms with Crippen LogP contribution in [0.15, 0.2) is 48.5 Å². The Morgan fingerprint density at radius 1 is 1.00 bits per heavy atom. The van der Waals surface area contributed by atoms with Crippen molar-refractivity contribution in [1.29, 1.82) is 0 Å². The van der Waals surface area contributed by atoms with E-state index in [1.54, 1.807) is 6.07 Å². The van der Waals surface area contributed by atoms with Gasteiger partial charge in [0.05, 0.1) is 6.04 Å². The van der Waals surface area contributed by atoms with Crippen molar-refractivity contribution in [2.45, 2.75) is 33.2 Å². The summed E-state index contributed by atoms with van der Waals surface area (Å²) in [6.45, 7) is 4.51. The van der Waals surface area contributed by atoms with E-state index in [4.69, 9.17) is 9.47 Å². The highest BCUT2D eigenvalue weighted by molar-refractivity contribution is 5.88. The normalized spacial score (nSPS) is 11.4. The number of amides is 1. The van der Waals surface area contributed by atoms with Gasteiger partial charge in [-0.25, -0.2) is 4.79 Å². The van der Waals surface area contributed by atoms with Gasteiger partial charge in [-0.05, 0) is 44.4 Å². The van der Waals surface area contributed by atoms with Crippen LogP contribution in [-0.4, -0.2) is 36.9 Å². The average molecular weight is 383 g/mol. The van der Waals surface area contributed by atoms with Gasteiger partial charge in [0.15, 0.2) is 19.0 Å². The summed E-state index contributed by atoms with van der Waals surface area (Å²) in [5.41, 5.74) is 2.94. The number of hydrogen-bond donors (Lipinski definition) is 1. The minimum atomic E-state index is -0.667. The summed E-state index contributed by atoms with van der Waals surface area (Å²) < 4.78 is 10.4. The van der Waals surface area contributed by atoms with Gasteiger partial charge in [-0.3, -0.25) is 9.59 Å². The number of esters is 1. The fraction of sp³-hybridized carbons (Fsp3) is 0.318. The van der Waals surface area contributed by atoms with Crippen molar-refractivity contribution in [2.75, 3.05) is 13.2 Å². The first kappa shape index (κ1) is 21.2. The molecule has 0 unspecified atom stereocenters. The van der Waals surface area contributed by atoms with Gasteiger partial charge in [-0.15, -0.1) is 0 Å². The highest BCUT2D eigenvalue weighted by atomic mass is 16.6. The summed E-state index contributed by atoms with van der Waals surface area (Å²) in [7, 11) is 0. The smallest absolute Gasteiger partial charge is 0.344 e. The van der Waals surface area contributed by atoms with Crippen LogP contribution in [0.25, 0.3) is 0 Å². The summed E-state index contributed by atoms with van der Waals surface area (Å²) in [5.74, 6) is -0.762. The van der Waals surface area contributed by atoms with Crippen LogP contribution < -0.4 is 10.1 Å². The lowest BCUT2D eigenvalue weighted by atomic mass is 10.0. The van der Waals surface area contributed by atoms with E-state index < -0.39 is 24.5 Å². The van der Waals surface area contributed by atoms with E-state index in [1.165, 1.54) is 6.92 Å². The van der Waals surface area contributed by atoms with Crippen molar-refractivity contribution >= 4 is 17.7 Å². The average Bonchev–Trinajstić information content (AvgIpc) is 2.66. The molecule has 0 aliphatic carbocycles. The van der Waals surface area contributed by atoms with Crippen LogP contribution in [0.1, 0.15) is 23.6 Å². The van der Waals surface area contributed by atoms with Crippen LogP contribution in [0, 0.1) is 13.8 Å². The van der Waals surface area contributed by atoms with Crippen LogP contribution >= 0.6 is 0 Å². The van der Waals surface area contributed by atoms with Crippen LogP contribution in [0.5, 0.6) is 5.75 Å². The molecule has 0 fully saturated rings. The van der Waals surface area contributed by atoms with Crippen LogP contribution in [0.3, 0.4) is 0 Å². The van der Waals surface area contributed by atoms with E-state index in [1.807, 2.05) is 56.3 Å². The number of aryl methyl sites for hydroxylation is 2. The molecule has 0 aliphatic rings. The van der Waals surface area contributed by atoms with Crippen LogP contribution in [-0.2, 0) is 25.5 Å². The van der Waals surface area contributed by atoms with Gasteiger partial charge in [0.25, 0.3) is 5.91 Å². The fourth-order valence-corrected chi connectivity index (χ4v) is 2.67. The Kier molecular flexibility index (Phi) is 7.75. The molecule has 2 aromatic rings. The van der Waals surface area contributed by atoms with E-state index in [2.05, 4.69) is 5.32 Å². The zero-order valence-corrected chi connectivity index (χ0v) is 16.4. The van der Waals surface area contributed by atoms with Crippen LogP contribution in [0.2, 0.25) is 0 Å². The first-order valence-corrected chi connectivity index (χ1v) is 9.04. The van der Waals surface area contributed by atoms with Gasteiger partial charge in [-0.2, -0.15) is 0 Å². The second-order valence-corrected chi connectivity index (χ2v) is 6.64. The second-order valence-electron chi connectivity index (χ2n) is 6.64. The molecule has 28 heavy (non-hydrogen) atoms. The number of ether oxygens (including phenoxy) is 2. The third-order valence-electron chi connectivity index (χ3n) is 4.15. The molecule has 6 nitrogen and oxygen atoms in total. The molecule has 1 atom stereocenters. The van der Waals surface area contributed by atoms with Crippen molar-refractivity contribution in [1.82, 2.24) is 5.32 Å². The first-order chi connectivity index (χ1) is 13.3. The fourth-order valence-electron chi connectivity index (χ4n) is 2.67. The highest BCUT2D eigenvalue weighted by Crippen LogP contribution is 2.18. The van der Waals surface area contributed by atoms with E-state index in [0.717, 1.165) is 16.7 Å². The summed E-state index contributed by atoms with van der Waals surface area (Å²) in [5, 5.41) is 2.60. The summed E-state index contributed by atoms with van der Waals surface area (Å²) in [6.07, 6.45) is 0.381. The Hall–Kier alpha value is -3.15. The number of ketones is 1. The largest absolute Gasteiger partial charge is 0.482 e. The number of carbonyl (C=O) groups excluding carboxylic acids is 3. The Morgan fingerprint density at radius 3 is 2.36 bits per heavy atom. The molecule has 1 N–H and O–H groups in total. The topological polar surface area (TPSA) is 81.7 Å². The molecule has 0 saturated heterocycles. The SMILES string of the molecule is CC(=O)[C@@H](Cc1ccccc1)NC(=O)COC(=O)COc1ccc(C)cc1C. The third-order valence-corrected chi connectivity index (χ3v) is 4.15. The lowest BCUT2D eigenvalue weighted by molar-refractivity contribution is -0.150. The number of hydrogen-bond acceptors (Lipinski definition) is 5. The predicted molar refractivity (Wildman–Crippen MR) is 105 cm³/mol. The maximum atomic E-state index is 12.0. The number of rotatable bonds is 9. The Balaban J connectivity index is 1.78. The zero-order valence-electron chi connectivity index (χ0n) is 16.4. The van der Waals surface area contributed by atoms with Gasteiger partial charge in [0.1, 0.15) is 5.75 Å². The summed E-state index contributed by atoms with van der Waals surface area (Å²) >= 11 is 0. The molecule has 6 heteroatoms. The molecule has 0 aliphatic heterocycles. The van der Waals surface area contributed by atoms with Crippen molar-refractivity contribution in [3.63, 3.8) is 0 Å². The molecule has 2 aromatic carbocycles. The number of benzene rings is 2. The molecule has 0 aromatic heterocycles. The molecule has 0 spiro atoms. The van der Waals surface area contributed by atoms with Gasteiger partial charge >= 0.3 is 5.97 Å². The maximum Gasteiger partial charge on any atom is 0.344 e. The molecule has 0 heterocycles.